The van der Waals surface area contributed by atoms with Crippen LogP contribution in [0.1, 0.15) is 12.5 Å². The number of hydrogen-bond acceptors (Lipinski definition) is 5. The summed E-state index contributed by atoms with van der Waals surface area (Å²) in [6.07, 6.45) is 0.950. The zero-order chi connectivity index (χ0) is 13.5. The Labute approximate surface area is 103 Å². The summed E-state index contributed by atoms with van der Waals surface area (Å²) in [5.74, 6) is -0.702. The van der Waals surface area contributed by atoms with E-state index in [1.165, 1.54) is 18.2 Å². The van der Waals surface area contributed by atoms with Crippen molar-refractivity contribution in [2.24, 2.45) is 0 Å². The zero-order valence-electron chi connectivity index (χ0n) is 9.62. The maximum atomic E-state index is 11.2. The first-order valence-corrected chi connectivity index (χ1v) is 5.12. The molecule has 0 atom stereocenters. The van der Waals surface area contributed by atoms with Gasteiger partial charge in [0, 0.05) is 12.1 Å². The largest absolute Gasteiger partial charge is 0.463 e. The molecule has 1 aromatic rings. The Bertz CT molecular complexity index is 543. The molecule has 0 unspecified atom stereocenters. The van der Waals surface area contributed by atoms with Gasteiger partial charge in [0.1, 0.15) is 6.07 Å². The Hall–Kier alpha value is -2.68. The second-order valence-electron chi connectivity index (χ2n) is 3.20. The molecule has 0 spiro atoms. The van der Waals surface area contributed by atoms with Gasteiger partial charge >= 0.3 is 5.97 Å². The van der Waals surface area contributed by atoms with Crippen LogP contribution in [-0.2, 0) is 9.53 Å². The van der Waals surface area contributed by atoms with Crippen LogP contribution in [0.4, 0.5) is 5.69 Å². The van der Waals surface area contributed by atoms with E-state index in [0.717, 1.165) is 6.08 Å². The van der Waals surface area contributed by atoms with Gasteiger partial charge in [-0.25, -0.2) is 4.79 Å². The van der Waals surface area contributed by atoms with Crippen molar-refractivity contribution >= 4 is 17.2 Å². The summed E-state index contributed by atoms with van der Waals surface area (Å²) in [6.45, 7) is 1.80. The molecule has 92 valence electrons. The fourth-order valence-corrected chi connectivity index (χ4v) is 1.33. The topological polar surface area (TPSA) is 93.2 Å². The van der Waals surface area contributed by atoms with Gasteiger partial charge in [-0.15, -0.1) is 0 Å². The molecule has 1 rings (SSSR count). The summed E-state index contributed by atoms with van der Waals surface area (Å²) < 4.78 is 4.66. The van der Waals surface area contributed by atoms with Crippen molar-refractivity contribution < 1.29 is 14.5 Å². The Morgan fingerprint density at radius 2 is 2.22 bits per heavy atom. The van der Waals surface area contributed by atoms with Gasteiger partial charge in [0.05, 0.1) is 22.7 Å². The third-order valence-corrected chi connectivity index (χ3v) is 2.06. The molecule has 0 aliphatic carbocycles. The highest BCUT2D eigenvalue weighted by molar-refractivity contribution is 5.96. The molecule has 0 aliphatic heterocycles. The van der Waals surface area contributed by atoms with E-state index in [2.05, 4.69) is 4.74 Å². The van der Waals surface area contributed by atoms with Gasteiger partial charge in [-0.1, -0.05) is 12.1 Å². The molecule has 0 saturated carbocycles. The predicted octanol–water partition coefficient (Wildman–Crippen LogP) is 2.06. The van der Waals surface area contributed by atoms with Crippen molar-refractivity contribution in [3.05, 3.63) is 46.0 Å². The molecule has 0 bridgehead atoms. The minimum Gasteiger partial charge on any atom is -0.463 e. The number of benzene rings is 1. The number of allylic oxidation sites excluding steroid dienone is 1. The molecule has 0 saturated heterocycles. The summed E-state index contributed by atoms with van der Waals surface area (Å²) in [7, 11) is 0. The number of carbonyl (C=O) groups excluding carboxylic acids is 1. The monoisotopic (exact) mass is 246 g/mol. The molecule has 6 nitrogen and oxygen atoms in total. The van der Waals surface area contributed by atoms with Crippen molar-refractivity contribution in [1.82, 2.24) is 0 Å². The molecule has 1 aromatic carbocycles. The van der Waals surface area contributed by atoms with E-state index in [4.69, 9.17) is 5.26 Å². The van der Waals surface area contributed by atoms with Crippen LogP contribution in [0.3, 0.4) is 0 Å². The first kappa shape index (κ1) is 13.4. The van der Waals surface area contributed by atoms with Crippen molar-refractivity contribution in [2.75, 3.05) is 6.61 Å². The number of nitro groups is 1. The number of nitriles is 1. The van der Waals surface area contributed by atoms with Gasteiger partial charge in [-0.2, -0.15) is 5.26 Å². The lowest BCUT2D eigenvalue weighted by molar-refractivity contribution is -0.385. The first-order chi connectivity index (χ1) is 8.60. The third kappa shape index (κ3) is 3.15. The van der Waals surface area contributed by atoms with E-state index in [9.17, 15) is 14.9 Å². The van der Waals surface area contributed by atoms with Gasteiger partial charge in [-0.3, -0.25) is 10.1 Å². The summed E-state index contributed by atoms with van der Waals surface area (Å²) >= 11 is 0. The van der Waals surface area contributed by atoms with Crippen molar-refractivity contribution in [2.45, 2.75) is 6.92 Å². The second-order valence-corrected chi connectivity index (χ2v) is 3.20. The molecular weight excluding hydrogens is 236 g/mol. The van der Waals surface area contributed by atoms with Crippen LogP contribution in [0.25, 0.3) is 5.57 Å². The number of nitro benzene ring substituents is 1. The van der Waals surface area contributed by atoms with Gasteiger partial charge in [0.2, 0.25) is 0 Å². The molecule has 0 aliphatic rings. The third-order valence-electron chi connectivity index (χ3n) is 2.06. The minimum atomic E-state index is -0.702. The molecular formula is C12H10N2O4. The van der Waals surface area contributed by atoms with Crippen LogP contribution in [0.2, 0.25) is 0 Å². The number of para-hydroxylation sites is 1. The number of hydrogen-bond donors (Lipinski definition) is 0. The predicted molar refractivity (Wildman–Crippen MR) is 63.3 cm³/mol. The number of ether oxygens (including phenoxy) is 1. The highest BCUT2D eigenvalue weighted by atomic mass is 16.6. The maximum absolute atomic E-state index is 11.2. The smallest absolute Gasteiger partial charge is 0.332 e. The van der Waals surface area contributed by atoms with E-state index < -0.39 is 10.9 Å². The number of carbonyl (C=O) groups is 1. The molecule has 0 radical (unpaired) electrons. The fraction of sp³-hybridized carbons (Fsp3) is 0.167. The Morgan fingerprint density at radius 1 is 1.56 bits per heavy atom. The van der Waals surface area contributed by atoms with E-state index in [-0.39, 0.29) is 23.4 Å². The van der Waals surface area contributed by atoms with Crippen LogP contribution in [-0.4, -0.2) is 17.5 Å². The van der Waals surface area contributed by atoms with Crippen LogP contribution in [0.5, 0.6) is 0 Å². The summed E-state index contributed by atoms with van der Waals surface area (Å²) in [5, 5.41) is 19.8. The zero-order valence-corrected chi connectivity index (χ0v) is 9.62. The highest BCUT2D eigenvalue weighted by Crippen LogP contribution is 2.25. The van der Waals surface area contributed by atoms with Gasteiger partial charge in [-0.05, 0) is 13.0 Å². The van der Waals surface area contributed by atoms with Crippen LogP contribution in [0, 0.1) is 21.4 Å². The van der Waals surface area contributed by atoms with E-state index in [0.29, 0.717) is 0 Å². The van der Waals surface area contributed by atoms with Crippen LogP contribution in [0.15, 0.2) is 30.3 Å². The Kier molecular flexibility index (Phi) is 4.58. The average Bonchev–Trinajstić information content (AvgIpc) is 2.36. The quantitative estimate of drug-likeness (QED) is 0.266. The minimum absolute atomic E-state index is 0.0954. The van der Waals surface area contributed by atoms with Crippen molar-refractivity contribution in [1.29, 1.82) is 5.26 Å². The maximum Gasteiger partial charge on any atom is 0.332 e. The molecule has 0 N–H and O–H groups in total. The van der Waals surface area contributed by atoms with Gasteiger partial charge < -0.3 is 4.74 Å². The molecule has 0 aromatic heterocycles. The average molecular weight is 246 g/mol. The van der Waals surface area contributed by atoms with E-state index in [1.54, 1.807) is 19.1 Å². The second kappa shape index (κ2) is 6.15. The standard InChI is InChI=1S/C12H10N2O4/c1-2-18-12(15)7-9(8-13)10-5-3-4-6-11(10)14(16)17/h3-7H,2H2,1H3. The van der Waals surface area contributed by atoms with Gasteiger partial charge in [0.15, 0.2) is 0 Å². The summed E-state index contributed by atoms with van der Waals surface area (Å²) in [6, 6.07) is 7.48. The first-order valence-electron chi connectivity index (χ1n) is 5.12. The lowest BCUT2D eigenvalue weighted by Crippen LogP contribution is -2.01. The van der Waals surface area contributed by atoms with Crippen molar-refractivity contribution in [3.63, 3.8) is 0 Å². The highest BCUT2D eigenvalue weighted by Gasteiger charge is 2.17. The number of esters is 1. The normalized spacial score (nSPS) is 10.6. The summed E-state index contributed by atoms with van der Waals surface area (Å²) in [4.78, 5) is 21.4. The molecule has 0 heterocycles. The Balaban J connectivity index is 3.22. The lowest BCUT2D eigenvalue weighted by Gasteiger charge is -2.01. The number of rotatable bonds is 4. The van der Waals surface area contributed by atoms with Crippen LogP contribution < -0.4 is 0 Å². The molecule has 0 amide bonds. The van der Waals surface area contributed by atoms with Crippen LogP contribution >= 0.6 is 0 Å². The molecule has 6 heteroatoms. The van der Waals surface area contributed by atoms with Gasteiger partial charge in [0.25, 0.3) is 5.69 Å². The Morgan fingerprint density at radius 3 is 2.78 bits per heavy atom. The molecule has 18 heavy (non-hydrogen) atoms. The SMILES string of the molecule is CCOC(=O)C=C(C#N)c1ccccc1[N+](=O)[O-]. The lowest BCUT2D eigenvalue weighted by atomic mass is 10.0. The number of nitrogens with zero attached hydrogens (tertiary/aromatic N) is 2. The molecule has 0 fully saturated rings. The van der Waals surface area contributed by atoms with E-state index >= 15 is 0 Å². The fourth-order valence-electron chi connectivity index (χ4n) is 1.33. The summed E-state index contributed by atoms with van der Waals surface area (Å²) in [5.41, 5.74) is -0.228. The van der Waals surface area contributed by atoms with E-state index in [1.807, 2.05) is 0 Å². The van der Waals surface area contributed by atoms with Crippen molar-refractivity contribution in [3.8, 4) is 6.07 Å².